The smallest absolute Gasteiger partial charge is 0.0491 e. The van der Waals surface area contributed by atoms with Crippen molar-refractivity contribution in [2.75, 3.05) is 39.3 Å². The summed E-state index contributed by atoms with van der Waals surface area (Å²) in [6.07, 6.45) is 2.38. The molecule has 0 spiro atoms. The molecule has 0 saturated carbocycles. The van der Waals surface area contributed by atoms with Crippen molar-refractivity contribution in [3.05, 3.63) is 97.1 Å². The van der Waals surface area contributed by atoms with Crippen molar-refractivity contribution < 1.29 is 0 Å². The summed E-state index contributed by atoms with van der Waals surface area (Å²) in [6, 6.07) is 35.4. The Morgan fingerprint density at radius 1 is 0.368 bits per heavy atom. The third-order valence-corrected chi connectivity index (χ3v) is 8.54. The first-order chi connectivity index (χ1) is 18.9. The molecule has 1 saturated heterocycles. The quantitative estimate of drug-likeness (QED) is 0.224. The molecule has 0 unspecified atom stereocenters. The number of hydrogen-bond acceptors (Lipinski definition) is 2. The van der Waals surface area contributed by atoms with Gasteiger partial charge in [0.15, 0.2) is 0 Å². The van der Waals surface area contributed by atoms with Crippen LogP contribution in [0, 0.1) is 0 Å². The lowest BCUT2D eigenvalue weighted by Gasteiger charge is -2.34. The third kappa shape index (κ3) is 4.28. The van der Waals surface area contributed by atoms with E-state index in [0.29, 0.717) is 0 Å². The first-order valence-electron chi connectivity index (χ1n) is 14.2. The lowest BCUT2D eigenvalue weighted by Crippen LogP contribution is -2.47. The van der Waals surface area contributed by atoms with Gasteiger partial charge in [-0.1, -0.05) is 72.8 Å². The van der Waals surface area contributed by atoms with E-state index >= 15 is 0 Å². The van der Waals surface area contributed by atoms with Gasteiger partial charge in [-0.05, 0) is 50.2 Å². The summed E-state index contributed by atoms with van der Waals surface area (Å²) < 4.78 is 5.05. The molecule has 0 radical (unpaired) electrons. The van der Waals surface area contributed by atoms with Crippen LogP contribution in [0.2, 0.25) is 0 Å². The highest BCUT2D eigenvalue weighted by Crippen LogP contribution is 2.30. The largest absolute Gasteiger partial charge is 0.340 e. The molecular formula is C34H36N4. The van der Waals surface area contributed by atoms with Crippen LogP contribution >= 0.6 is 0 Å². The van der Waals surface area contributed by atoms with Crippen LogP contribution in [0.25, 0.3) is 43.6 Å². The van der Waals surface area contributed by atoms with E-state index in [0.717, 1.165) is 13.1 Å². The Labute approximate surface area is 224 Å². The number of rotatable bonds is 8. The van der Waals surface area contributed by atoms with Crippen molar-refractivity contribution in [2.45, 2.75) is 25.9 Å². The van der Waals surface area contributed by atoms with Crippen LogP contribution in [-0.2, 0) is 13.1 Å². The monoisotopic (exact) mass is 500 g/mol. The second-order valence-corrected chi connectivity index (χ2v) is 10.8. The van der Waals surface area contributed by atoms with Gasteiger partial charge < -0.3 is 18.9 Å². The number of benzene rings is 4. The summed E-state index contributed by atoms with van der Waals surface area (Å²) in [5.74, 6) is 0. The van der Waals surface area contributed by atoms with Gasteiger partial charge in [0.05, 0.1) is 0 Å². The molecule has 3 heterocycles. The fourth-order valence-electron chi connectivity index (χ4n) is 6.63. The van der Waals surface area contributed by atoms with Gasteiger partial charge in [-0.25, -0.2) is 0 Å². The van der Waals surface area contributed by atoms with E-state index in [4.69, 9.17) is 0 Å². The molecule has 1 fully saturated rings. The van der Waals surface area contributed by atoms with E-state index in [1.807, 2.05) is 0 Å². The molecule has 0 aliphatic carbocycles. The number of piperazine rings is 1. The van der Waals surface area contributed by atoms with E-state index in [1.54, 1.807) is 0 Å². The predicted molar refractivity (Wildman–Crippen MR) is 161 cm³/mol. The molecule has 38 heavy (non-hydrogen) atoms. The second-order valence-electron chi connectivity index (χ2n) is 10.8. The van der Waals surface area contributed by atoms with E-state index < -0.39 is 0 Å². The molecule has 4 aromatic carbocycles. The van der Waals surface area contributed by atoms with Gasteiger partial charge in [-0.2, -0.15) is 0 Å². The minimum absolute atomic E-state index is 1.08. The predicted octanol–water partition coefficient (Wildman–Crippen LogP) is 7.00. The average molecular weight is 501 g/mol. The highest BCUT2D eigenvalue weighted by Gasteiger charge is 2.17. The molecule has 1 aliphatic rings. The molecule has 4 nitrogen and oxygen atoms in total. The van der Waals surface area contributed by atoms with Crippen molar-refractivity contribution in [3.63, 3.8) is 0 Å². The number of aryl methyl sites for hydroxylation is 2. The average Bonchev–Trinajstić information content (AvgIpc) is 3.47. The van der Waals surface area contributed by atoms with Crippen LogP contribution in [0.15, 0.2) is 97.1 Å². The fourth-order valence-corrected chi connectivity index (χ4v) is 6.63. The van der Waals surface area contributed by atoms with Gasteiger partial charge in [0.25, 0.3) is 0 Å². The molecule has 0 atom stereocenters. The fraction of sp³-hybridized carbons (Fsp3) is 0.294. The highest BCUT2D eigenvalue weighted by atomic mass is 15.3. The second kappa shape index (κ2) is 10.3. The van der Waals surface area contributed by atoms with Crippen LogP contribution in [0.4, 0.5) is 0 Å². The maximum Gasteiger partial charge on any atom is 0.0491 e. The number of nitrogens with zero attached hydrogens (tertiary/aromatic N) is 4. The highest BCUT2D eigenvalue weighted by molar-refractivity contribution is 6.08. The van der Waals surface area contributed by atoms with Crippen LogP contribution in [0.1, 0.15) is 12.8 Å². The van der Waals surface area contributed by atoms with Gasteiger partial charge in [-0.15, -0.1) is 0 Å². The lowest BCUT2D eigenvalue weighted by atomic mass is 10.2. The van der Waals surface area contributed by atoms with Gasteiger partial charge in [0.2, 0.25) is 0 Å². The van der Waals surface area contributed by atoms with Crippen LogP contribution in [0.3, 0.4) is 0 Å². The zero-order chi connectivity index (χ0) is 25.3. The number of hydrogen-bond donors (Lipinski definition) is 0. The Kier molecular flexibility index (Phi) is 6.36. The Morgan fingerprint density at radius 2 is 0.658 bits per heavy atom. The number of fused-ring (bicyclic) bond motifs is 6. The topological polar surface area (TPSA) is 16.3 Å². The van der Waals surface area contributed by atoms with Gasteiger partial charge in [0, 0.05) is 82.9 Å². The minimum Gasteiger partial charge on any atom is -0.340 e. The molecular weight excluding hydrogens is 464 g/mol. The van der Waals surface area contributed by atoms with Crippen LogP contribution < -0.4 is 0 Å². The van der Waals surface area contributed by atoms with Crippen molar-refractivity contribution >= 4 is 43.6 Å². The van der Waals surface area contributed by atoms with Gasteiger partial charge >= 0.3 is 0 Å². The zero-order valence-electron chi connectivity index (χ0n) is 22.1. The third-order valence-electron chi connectivity index (χ3n) is 8.54. The van der Waals surface area contributed by atoms with Crippen molar-refractivity contribution in [3.8, 4) is 0 Å². The van der Waals surface area contributed by atoms with E-state index in [1.165, 1.54) is 95.7 Å². The van der Waals surface area contributed by atoms with Crippen molar-refractivity contribution in [2.24, 2.45) is 0 Å². The van der Waals surface area contributed by atoms with E-state index in [9.17, 15) is 0 Å². The normalized spacial score (nSPS) is 15.4. The summed E-state index contributed by atoms with van der Waals surface area (Å²) in [6.45, 7) is 9.24. The summed E-state index contributed by atoms with van der Waals surface area (Å²) in [4.78, 5) is 5.33. The maximum absolute atomic E-state index is 2.66. The standard InChI is InChI=1S/C34H36N4/c1-5-15-31-27(11-1)28-12-2-6-16-32(28)37(31)21-9-19-35-23-25-36(26-24-35)20-10-22-38-33-17-7-3-13-29(33)30-14-4-8-18-34(30)38/h1-8,11-18H,9-10,19-26H2. The molecule has 0 N–H and O–H groups in total. The molecule has 7 rings (SSSR count). The SMILES string of the molecule is c1ccc2c(c1)c1ccccc1n2CCCN1CCN(CCCn2c3ccccc3c3ccccc32)CC1. The summed E-state index contributed by atoms with van der Waals surface area (Å²) in [7, 11) is 0. The first kappa shape index (κ1) is 23.5. The summed E-state index contributed by atoms with van der Waals surface area (Å²) >= 11 is 0. The van der Waals surface area contributed by atoms with Crippen LogP contribution in [-0.4, -0.2) is 58.2 Å². The number of para-hydroxylation sites is 4. The summed E-state index contributed by atoms with van der Waals surface area (Å²) in [5, 5.41) is 5.49. The molecule has 0 bridgehead atoms. The molecule has 192 valence electrons. The Hall–Kier alpha value is -3.60. The minimum atomic E-state index is 1.08. The zero-order valence-corrected chi connectivity index (χ0v) is 22.1. The Morgan fingerprint density at radius 3 is 0.974 bits per heavy atom. The molecule has 2 aromatic heterocycles. The van der Waals surface area contributed by atoms with Crippen molar-refractivity contribution in [1.29, 1.82) is 0 Å². The molecule has 6 aromatic rings. The van der Waals surface area contributed by atoms with E-state index in [2.05, 4.69) is 116 Å². The molecule has 1 aliphatic heterocycles. The van der Waals surface area contributed by atoms with Gasteiger partial charge in [-0.3, -0.25) is 0 Å². The Balaban J connectivity index is 0.925. The number of aromatic nitrogens is 2. The summed E-state index contributed by atoms with van der Waals surface area (Å²) in [5.41, 5.74) is 5.45. The Bertz CT molecular complexity index is 1470. The van der Waals surface area contributed by atoms with Gasteiger partial charge in [0.1, 0.15) is 0 Å². The van der Waals surface area contributed by atoms with Crippen LogP contribution in [0.5, 0.6) is 0 Å². The molecule has 0 amide bonds. The maximum atomic E-state index is 2.66. The van der Waals surface area contributed by atoms with E-state index in [-0.39, 0.29) is 0 Å². The lowest BCUT2D eigenvalue weighted by molar-refractivity contribution is 0.128. The first-order valence-corrected chi connectivity index (χ1v) is 14.2. The molecule has 4 heteroatoms. The van der Waals surface area contributed by atoms with Crippen molar-refractivity contribution in [1.82, 2.24) is 18.9 Å².